The van der Waals surface area contributed by atoms with Crippen LogP contribution in [0.2, 0.25) is 0 Å². The second kappa shape index (κ2) is 9.33. The Bertz CT molecular complexity index is 479. The molecule has 0 bridgehead atoms. The molecule has 1 amide bonds. The van der Waals surface area contributed by atoms with Gasteiger partial charge in [0.2, 0.25) is 5.91 Å². The lowest BCUT2D eigenvalue weighted by molar-refractivity contribution is -0.169. The summed E-state index contributed by atoms with van der Waals surface area (Å²) in [5.41, 5.74) is 0.580. The Kier molecular flexibility index (Phi) is 7.77. The second-order valence-electron chi connectivity index (χ2n) is 5.27. The topological polar surface area (TPSA) is 66.8 Å². The minimum atomic E-state index is -0.512. The second-order valence-corrected chi connectivity index (χ2v) is 5.27. The van der Waals surface area contributed by atoms with Crippen molar-refractivity contribution in [3.63, 3.8) is 0 Å². The normalized spacial score (nSPS) is 21.0. The van der Waals surface area contributed by atoms with Crippen molar-refractivity contribution in [3.05, 3.63) is 36.0 Å². The fourth-order valence-electron chi connectivity index (χ4n) is 2.21. The minimum Gasteiger partial charge on any atom is -0.392 e. The van der Waals surface area contributed by atoms with Crippen LogP contribution in [0.15, 0.2) is 36.0 Å². The number of hydroxylamine groups is 2. The van der Waals surface area contributed by atoms with Gasteiger partial charge < -0.3 is 5.11 Å². The monoisotopic (exact) mass is 307 g/mol. The first-order valence-corrected chi connectivity index (χ1v) is 7.55. The summed E-state index contributed by atoms with van der Waals surface area (Å²) in [6, 6.07) is 0. The van der Waals surface area contributed by atoms with Gasteiger partial charge in [0, 0.05) is 25.0 Å². The Hall–Kier alpha value is -1.72. The fourth-order valence-corrected chi connectivity index (χ4v) is 2.21. The molecule has 0 aliphatic heterocycles. The highest BCUT2D eigenvalue weighted by molar-refractivity contribution is 6.07. The maximum absolute atomic E-state index is 11.9. The van der Waals surface area contributed by atoms with Crippen molar-refractivity contribution in [2.24, 2.45) is 5.92 Å². The lowest BCUT2D eigenvalue weighted by Crippen LogP contribution is -2.27. The van der Waals surface area contributed by atoms with Crippen LogP contribution < -0.4 is 0 Å². The van der Waals surface area contributed by atoms with E-state index >= 15 is 0 Å². The molecular weight excluding hydrogens is 282 g/mol. The predicted molar refractivity (Wildman–Crippen MR) is 84.8 cm³/mol. The highest BCUT2D eigenvalue weighted by atomic mass is 16.7. The quantitative estimate of drug-likeness (QED) is 0.424. The summed E-state index contributed by atoms with van der Waals surface area (Å²) < 4.78 is 0. The van der Waals surface area contributed by atoms with E-state index in [-0.39, 0.29) is 24.0 Å². The number of rotatable bonds is 8. The molecule has 1 N–H and O–H groups in total. The number of nitrogens with zero attached hydrogens (tertiary/aromatic N) is 1. The third kappa shape index (κ3) is 5.58. The molecule has 0 radical (unpaired) electrons. The maximum atomic E-state index is 11.9. The highest BCUT2D eigenvalue weighted by Gasteiger charge is 2.26. The van der Waals surface area contributed by atoms with Crippen LogP contribution in [-0.2, 0) is 14.4 Å². The molecule has 0 aromatic carbocycles. The summed E-state index contributed by atoms with van der Waals surface area (Å²) in [6.07, 6.45) is 10.5. The number of aliphatic hydroxyl groups is 1. The van der Waals surface area contributed by atoms with Crippen LogP contribution in [0.25, 0.3) is 0 Å². The fraction of sp³-hybridized carbons (Fsp3) is 0.529. The lowest BCUT2D eigenvalue weighted by atomic mass is 9.96. The van der Waals surface area contributed by atoms with Gasteiger partial charge in [0.25, 0.3) is 0 Å². The molecule has 0 aromatic heterocycles. The molecule has 0 aromatic rings. The standard InChI is InChI=1S/C17H25NO4/c1-4-5-6-7-14(19)9-10-15-13(8-11-16(15)20)12-17(21)18(2)22-3/h5-6,8,10-11,13-14,19H,4,7,9,12H2,1-3H3/b6-5-,15-10+. The molecule has 1 rings (SSSR count). The molecule has 0 spiro atoms. The van der Waals surface area contributed by atoms with Crippen molar-refractivity contribution < 1.29 is 19.5 Å². The number of carbonyl (C=O) groups excluding carboxylic acids is 2. The molecule has 2 atom stereocenters. The zero-order valence-corrected chi connectivity index (χ0v) is 13.5. The Morgan fingerprint density at radius 2 is 2.18 bits per heavy atom. The van der Waals surface area contributed by atoms with Crippen LogP contribution in [0.3, 0.4) is 0 Å². The summed E-state index contributed by atoms with van der Waals surface area (Å²) in [5, 5.41) is 11.0. The smallest absolute Gasteiger partial charge is 0.246 e. The number of carbonyl (C=O) groups is 2. The van der Waals surface area contributed by atoms with Gasteiger partial charge in [-0.05, 0) is 25.3 Å². The predicted octanol–water partition coefficient (Wildman–Crippen LogP) is 2.19. The Labute approximate surface area is 131 Å². The van der Waals surface area contributed by atoms with Gasteiger partial charge in [-0.2, -0.15) is 0 Å². The molecule has 2 unspecified atom stereocenters. The Morgan fingerprint density at radius 3 is 2.82 bits per heavy atom. The largest absolute Gasteiger partial charge is 0.392 e. The van der Waals surface area contributed by atoms with Crippen molar-refractivity contribution in [3.8, 4) is 0 Å². The number of amides is 1. The minimum absolute atomic E-state index is 0.0887. The van der Waals surface area contributed by atoms with Crippen LogP contribution in [-0.4, -0.2) is 42.1 Å². The summed E-state index contributed by atoms with van der Waals surface area (Å²) >= 11 is 0. The van der Waals surface area contributed by atoms with Crippen molar-refractivity contribution in [2.75, 3.05) is 14.2 Å². The average Bonchev–Trinajstić information content (AvgIpc) is 2.84. The zero-order chi connectivity index (χ0) is 16.5. The van der Waals surface area contributed by atoms with E-state index in [9.17, 15) is 14.7 Å². The first-order valence-electron chi connectivity index (χ1n) is 7.55. The van der Waals surface area contributed by atoms with Gasteiger partial charge in [0.15, 0.2) is 5.78 Å². The van der Waals surface area contributed by atoms with E-state index in [0.29, 0.717) is 18.4 Å². The van der Waals surface area contributed by atoms with E-state index in [4.69, 9.17) is 4.84 Å². The maximum Gasteiger partial charge on any atom is 0.246 e. The van der Waals surface area contributed by atoms with Crippen molar-refractivity contribution in [1.82, 2.24) is 5.06 Å². The van der Waals surface area contributed by atoms with Gasteiger partial charge in [-0.1, -0.05) is 31.2 Å². The molecule has 1 aliphatic rings. The molecule has 5 heteroatoms. The molecule has 5 nitrogen and oxygen atoms in total. The SMILES string of the molecule is CC/C=C\CC(O)C/C=C1/C(=O)C=CC1CC(=O)N(C)OC. The van der Waals surface area contributed by atoms with Gasteiger partial charge in [-0.15, -0.1) is 0 Å². The molecule has 22 heavy (non-hydrogen) atoms. The van der Waals surface area contributed by atoms with E-state index in [1.165, 1.54) is 20.2 Å². The van der Waals surface area contributed by atoms with Crippen molar-refractivity contribution >= 4 is 11.7 Å². The van der Waals surface area contributed by atoms with Gasteiger partial charge >= 0.3 is 0 Å². The molecule has 122 valence electrons. The number of hydrogen-bond donors (Lipinski definition) is 1. The van der Waals surface area contributed by atoms with Gasteiger partial charge in [0.1, 0.15) is 0 Å². The molecule has 0 saturated heterocycles. The summed E-state index contributed by atoms with van der Waals surface area (Å²) in [4.78, 5) is 28.6. The number of allylic oxidation sites excluding steroid dienone is 4. The van der Waals surface area contributed by atoms with Crippen LogP contribution in [0.4, 0.5) is 0 Å². The Morgan fingerprint density at radius 1 is 1.45 bits per heavy atom. The number of ketones is 1. The van der Waals surface area contributed by atoms with E-state index < -0.39 is 6.10 Å². The van der Waals surface area contributed by atoms with E-state index in [1.807, 2.05) is 19.1 Å². The molecule has 1 aliphatic carbocycles. The number of hydrogen-bond acceptors (Lipinski definition) is 4. The first kappa shape index (κ1) is 18.3. The first-order chi connectivity index (χ1) is 10.5. The van der Waals surface area contributed by atoms with Crippen molar-refractivity contribution in [1.29, 1.82) is 0 Å². The molecule has 0 saturated carbocycles. The van der Waals surface area contributed by atoms with E-state index in [2.05, 4.69) is 0 Å². The summed E-state index contributed by atoms with van der Waals surface area (Å²) in [5.74, 6) is -0.519. The Balaban J connectivity index is 2.62. The van der Waals surface area contributed by atoms with E-state index in [1.54, 1.807) is 12.2 Å². The van der Waals surface area contributed by atoms with Gasteiger partial charge in [-0.25, -0.2) is 5.06 Å². The highest BCUT2D eigenvalue weighted by Crippen LogP contribution is 2.26. The van der Waals surface area contributed by atoms with Gasteiger partial charge in [-0.3, -0.25) is 14.4 Å². The summed E-state index contributed by atoms with van der Waals surface area (Å²) in [6.45, 7) is 2.03. The third-order valence-corrected chi connectivity index (χ3v) is 3.60. The zero-order valence-electron chi connectivity index (χ0n) is 13.5. The number of aliphatic hydroxyl groups excluding tert-OH is 1. The third-order valence-electron chi connectivity index (χ3n) is 3.60. The average molecular weight is 307 g/mol. The lowest BCUT2D eigenvalue weighted by Gasteiger charge is -2.16. The molecular formula is C17H25NO4. The summed E-state index contributed by atoms with van der Waals surface area (Å²) in [7, 11) is 2.96. The van der Waals surface area contributed by atoms with Crippen molar-refractivity contribution in [2.45, 2.75) is 38.7 Å². The van der Waals surface area contributed by atoms with Crippen LogP contribution >= 0.6 is 0 Å². The van der Waals surface area contributed by atoms with Crippen LogP contribution in [0.1, 0.15) is 32.6 Å². The van der Waals surface area contributed by atoms with Crippen LogP contribution in [0, 0.1) is 5.92 Å². The molecule has 0 fully saturated rings. The molecule has 0 heterocycles. The van der Waals surface area contributed by atoms with Gasteiger partial charge in [0.05, 0.1) is 13.2 Å². The van der Waals surface area contributed by atoms with Crippen LogP contribution in [0.5, 0.6) is 0 Å². The van der Waals surface area contributed by atoms with E-state index in [0.717, 1.165) is 11.5 Å².